The summed E-state index contributed by atoms with van der Waals surface area (Å²) in [6.07, 6.45) is 2.25. The Labute approximate surface area is 159 Å². The largest absolute Gasteiger partial charge is 0.347 e. The summed E-state index contributed by atoms with van der Waals surface area (Å²) in [6.45, 7) is 6.37. The lowest BCUT2D eigenvalue weighted by molar-refractivity contribution is -0.122. The van der Waals surface area contributed by atoms with E-state index in [1.807, 2.05) is 12.1 Å². The van der Waals surface area contributed by atoms with Crippen molar-refractivity contribution in [2.24, 2.45) is 5.92 Å². The zero-order valence-electron chi connectivity index (χ0n) is 16.0. The van der Waals surface area contributed by atoms with Crippen LogP contribution in [0.3, 0.4) is 0 Å². The Hall–Kier alpha value is -2.95. The van der Waals surface area contributed by atoms with Gasteiger partial charge in [0.25, 0.3) is 0 Å². The van der Waals surface area contributed by atoms with Crippen LogP contribution < -0.4 is 10.7 Å². The fraction of sp³-hybridized carbons (Fsp3) is 0.318. The minimum atomic E-state index is -0.140. The maximum atomic E-state index is 12.7. The Kier molecular flexibility index (Phi) is 5.69. The Bertz CT molecular complexity index is 990. The minimum absolute atomic E-state index is 0.0665. The summed E-state index contributed by atoms with van der Waals surface area (Å²) in [5.74, 6) is 0.120. The van der Waals surface area contributed by atoms with E-state index in [0.717, 1.165) is 12.0 Å². The van der Waals surface area contributed by atoms with Gasteiger partial charge >= 0.3 is 0 Å². The summed E-state index contributed by atoms with van der Waals surface area (Å²) in [4.78, 5) is 24.6. The Morgan fingerprint density at radius 2 is 1.81 bits per heavy atom. The van der Waals surface area contributed by atoms with Crippen molar-refractivity contribution >= 4 is 16.8 Å². The molecule has 2 aromatic carbocycles. The van der Waals surface area contributed by atoms with Gasteiger partial charge in [0, 0.05) is 5.39 Å². The van der Waals surface area contributed by atoms with E-state index in [4.69, 9.17) is 0 Å². The second-order valence-electron chi connectivity index (χ2n) is 7.07. The van der Waals surface area contributed by atoms with Gasteiger partial charge < -0.3 is 5.32 Å². The topological polar surface area (TPSA) is 64.0 Å². The van der Waals surface area contributed by atoms with Gasteiger partial charge in [0.15, 0.2) is 0 Å². The quantitative estimate of drug-likeness (QED) is 0.729. The molecule has 140 valence electrons. The first-order valence-electron chi connectivity index (χ1n) is 9.32. The second-order valence-corrected chi connectivity index (χ2v) is 7.07. The molecular formula is C22H25N3O2. The molecule has 0 saturated carbocycles. The maximum Gasteiger partial charge on any atom is 0.242 e. The van der Waals surface area contributed by atoms with Crippen LogP contribution >= 0.6 is 0 Å². The van der Waals surface area contributed by atoms with Crippen LogP contribution in [-0.4, -0.2) is 15.7 Å². The molecule has 3 rings (SSSR count). The van der Waals surface area contributed by atoms with E-state index in [1.54, 1.807) is 16.8 Å². The van der Waals surface area contributed by atoms with Gasteiger partial charge in [-0.1, -0.05) is 57.2 Å². The molecule has 27 heavy (non-hydrogen) atoms. The first-order chi connectivity index (χ1) is 13.0. The summed E-state index contributed by atoms with van der Waals surface area (Å²) >= 11 is 0. The molecule has 0 bridgehead atoms. The number of aromatic nitrogens is 2. The Balaban J connectivity index is 1.81. The van der Waals surface area contributed by atoms with E-state index in [2.05, 4.69) is 55.5 Å². The molecule has 5 nitrogen and oxygen atoms in total. The predicted octanol–water partition coefficient (Wildman–Crippen LogP) is 3.47. The van der Waals surface area contributed by atoms with E-state index < -0.39 is 0 Å². The zero-order chi connectivity index (χ0) is 19.4. The zero-order valence-corrected chi connectivity index (χ0v) is 16.0. The molecule has 0 saturated heterocycles. The summed E-state index contributed by atoms with van der Waals surface area (Å²) in [5, 5.41) is 7.82. The number of para-hydroxylation sites is 1. The third kappa shape index (κ3) is 4.25. The number of carbonyl (C=O) groups excluding carboxylic acids is 1. The predicted molar refractivity (Wildman–Crippen MR) is 108 cm³/mol. The first kappa shape index (κ1) is 18.8. The van der Waals surface area contributed by atoms with Crippen LogP contribution in [0.5, 0.6) is 0 Å². The van der Waals surface area contributed by atoms with Crippen molar-refractivity contribution in [3.63, 3.8) is 0 Å². The van der Waals surface area contributed by atoms with E-state index in [0.29, 0.717) is 10.9 Å². The van der Waals surface area contributed by atoms with Gasteiger partial charge in [-0.2, -0.15) is 5.10 Å². The molecule has 0 spiro atoms. The number of benzene rings is 2. The van der Waals surface area contributed by atoms with Crippen LogP contribution in [0.1, 0.15) is 37.9 Å². The van der Waals surface area contributed by atoms with Crippen molar-refractivity contribution in [3.05, 3.63) is 76.1 Å². The first-order valence-corrected chi connectivity index (χ1v) is 9.32. The second kappa shape index (κ2) is 8.16. The molecule has 0 aliphatic rings. The van der Waals surface area contributed by atoms with Gasteiger partial charge in [0.1, 0.15) is 6.54 Å². The van der Waals surface area contributed by atoms with Gasteiger partial charge in [-0.25, -0.2) is 0 Å². The van der Waals surface area contributed by atoms with Crippen molar-refractivity contribution < 1.29 is 4.79 Å². The van der Waals surface area contributed by atoms with Crippen LogP contribution in [0.25, 0.3) is 10.9 Å². The summed E-state index contributed by atoms with van der Waals surface area (Å²) < 4.78 is 1.57. The summed E-state index contributed by atoms with van der Waals surface area (Å²) in [5.41, 5.74) is 2.89. The third-order valence-electron chi connectivity index (χ3n) is 4.79. The number of rotatable bonds is 6. The summed E-state index contributed by atoms with van der Waals surface area (Å²) in [7, 11) is 0. The molecule has 1 amide bonds. The molecule has 0 fully saturated rings. The lowest BCUT2D eigenvalue weighted by atomic mass is 9.95. The molecule has 0 aliphatic carbocycles. The van der Waals surface area contributed by atoms with Crippen LogP contribution in [-0.2, 0) is 17.8 Å². The molecule has 0 radical (unpaired) electrons. The fourth-order valence-electron chi connectivity index (χ4n) is 3.24. The van der Waals surface area contributed by atoms with Crippen molar-refractivity contribution in [1.29, 1.82) is 0 Å². The monoisotopic (exact) mass is 363 g/mol. The average Bonchev–Trinajstić information content (AvgIpc) is 2.68. The smallest absolute Gasteiger partial charge is 0.242 e. The van der Waals surface area contributed by atoms with E-state index in [1.165, 1.54) is 11.8 Å². The molecular weight excluding hydrogens is 338 g/mol. The molecule has 1 aromatic heterocycles. The third-order valence-corrected chi connectivity index (χ3v) is 4.79. The number of nitrogens with one attached hydrogen (secondary N) is 1. The van der Waals surface area contributed by atoms with Crippen molar-refractivity contribution in [1.82, 2.24) is 15.1 Å². The Morgan fingerprint density at radius 1 is 1.11 bits per heavy atom. The lowest BCUT2D eigenvalue weighted by Gasteiger charge is -2.23. The highest BCUT2D eigenvalue weighted by molar-refractivity contribution is 5.81. The maximum absolute atomic E-state index is 12.7. The van der Waals surface area contributed by atoms with E-state index in [9.17, 15) is 9.59 Å². The van der Waals surface area contributed by atoms with Crippen LogP contribution in [0.2, 0.25) is 0 Å². The number of carbonyl (C=O) groups is 1. The van der Waals surface area contributed by atoms with Gasteiger partial charge in [0.05, 0.1) is 17.8 Å². The Morgan fingerprint density at radius 3 is 2.48 bits per heavy atom. The highest BCUT2D eigenvalue weighted by atomic mass is 16.2. The van der Waals surface area contributed by atoms with Gasteiger partial charge in [-0.15, -0.1) is 0 Å². The molecule has 3 aromatic rings. The van der Waals surface area contributed by atoms with Gasteiger partial charge in [-0.3, -0.25) is 14.3 Å². The van der Waals surface area contributed by atoms with Crippen LogP contribution in [0, 0.1) is 5.92 Å². The van der Waals surface area contributed by atoms with Crippen LogP contribution in [0.4, 0.5) is 0 Å². The number of amides is 1. The molecule has 0 aliphatic heterocycles. The normalized spacial score (nSPS) is 12.3. The standard InChI is InChI=1S/C22H25N3O2/c1-4-16-9-11-17(12-10-16)22(15(2)3)24-21(27)14-25-19-8-6-5-7-18(19)20(26)13-23-25/h5-13,15,22H,4,14H2,1-3H3,(H,24,27). The number of fused-ring (bicyclic) bond motifs is 1. The average molecular weight is 363 g/mol. The highest BCUT2D eigenvalue weighted by Crippen LogP contribution is 2.22. The molecule has 1 unspecified atom stereocenters. The number of nitrogens with zero attached hydrogens (tertiary/aromatic N) is 2. The van der Waals surface area contributed by atoms with Crippen molar-refractivity contribution in [2.45, 2.75) is 39.8 Å². The summed E-state index contributed by atoms with van der Waals surface area (Å²) in [6, 6.07) is 15.5. The fourth-order valence-corrected chi connectivity index (χ4v) is 3.24. The molecule has 1 atom stereocenters. The minimum Gasteiger partial charge on any atom is -0.347 e. The van der Waals surface area contributed by atoms with E-state index in [-0.39, 0.29) is 29.8 Å². The molecule has 5 heteroatoms. The van der Waals surface area contributed by atoms with Crippen molar-refractivity contribution in [3.8, 4) is 0 Å². The van der Waals surface area contributed by atoms with Crippen molar-refractivity contribution in [2.75, 3.05) is 0 Å². The number of hydrogen-bond acceptors (Lipinski definition) is 3. The number of aryl methyl sites for hydroxylation is 1. The molecule has 1 N–H and O–H groups in total. The molecule has 1 heterocycles. The van der Waals surface area contributed by atoms with Crippen LogP contribution in [0.15, 0.2) is 59.5 Å². The van der Waals surface area contributed by atoms with Gasteiger partial charge in [0.2, 0.25) is 11.3 Å². The SMILES string of the molecule is CCc1ccc(C(NC(=O)Cn2ncc(=O)c3ccccc32)C(C)C)cc1. The van der Waals surface area contributed by atoms with E-state index >= 15 is 0 Å². The van der Waals surface area contributed by atoms with Gasteiger partial charge in [-0.05, 0) is 35.6 Å². The highest BCUT2D eigenvalue weighted by Gasteiger charge is 2.19. The lowest BCUT2D eigenvalue weighted by Crippen LogP contribution is -2.35. The number of hydrogen-bond donors (Lipinski definition) is 1.